The molecule has 0 unspecified atom stereocenters. The minimum absolute atomic E-state index is 0.00847. The Bertz CT molecular complexity index is 773. The van der Waals surface area contributed by atoms with Crippen LogP contribution in [0.25, 0.3) is 0 Å². The van der Waals surface area contributed by atoms with E-state index in [1.807, 2.05) is 12.2 Å². The smallest absolute Gasteiger partial charge is 0.240 e. The third kappa shape index (κ3) is 2.62. The van der Waals surface area contributed by atoms with Gasteiger partial charge in [-0.05, 0) is 36.8 Å². The quantitative estimate of drug-likeness (QED) is 0.638. The maximum Gasteiger partial charge on any atom is 0.240 e. The summed E-state index contributed by atoms with van der Waals surface area (Å²) in [6, 6.07) is 3.59. The number of allylic oxidation sites excluding steroid dienone is 2. The zero-order valence-electron chi connectivity index (χ0n) is 14.0. The molecule has 1 aliphatic heterocycles. The Hall–Kier alpha value is -2.57. The van der Waals surface area contributed by atoms with Crippen molar-refractivity contribution >= 4 is 17.7 Å². The third-order valence-electron chi connectivity index (χ3n) is 5.62. The van der Waals surface area contributed by atoms with Crippen LogP contribution in [0.5, 0.6) is 0 Å². The average Bonchev–Trinajstić information content (AvgIpc) is 3.27. The Balaban J connectivity index is 1.33. The summed E-state index contributed by atoms with van der Waals surface area (Å²) in [7, 11) is 0. The molecule has 1 heterocycles. The number of carbonyl (C=O) groups excluding carboxylic acids is 3. The van der Waals surface area contributed by atoms with Crippen LogP contribution < -0.4 is 5.32 Å². The molecular weight excluding hydrogens is 342 g/mol. The van der Waals surface area contributed by atoms with Crippen LogP contribution in [0.15, 0.2) is 30.4 Å². The first-order valence-corrected chi connectivity index (χ1v) is 8.70. The first-order valence-electron chi connectivity index (χ1n) is 8.70. The van der Waals surface area contributed by atoms with Crippen molar-refractivity contribution in [1.29, 1.82) is 0 Å². The Labute approximate surface area is 149 Å². The molecule has 2 bridgehead atoms. The molecule has 4 atom stereocenters. The number of benzene rings is 1. The minimum Gasteiger partial charge on any atom is -0.354 e. The molecule has 2 aliphatic carbocycles. The summed E-state index contributed by atoms with van der Waals surface area (Å²) in [6.07, 6.45) is 4.81. The molecule has 1 aromatic rings. The van der Waals surface area contributed by atoms with Crippen LogP contribution in [0.4, 0.5) is 8.78 Å². The fourth-order valence-corrected chi connectivity index (χ4v) is 4.42. The van der Waals surface area contributed by atoms with E-state index in [1.54, 1.807) is 0 Å². The molecule has 2 fully saturated rings. The summed E-state index contributed by atoms with van der Waals surface area (Å²) in [6.45, 7) is -0.323. The van der Waals surface area contributed by atoms with Crippen molar-refractivity contribution in [2.45, 2.75) is 12.8 Å². The average molecular weight is 360 g/mol. The first-order chi connectivity index (χ1) is 12.5. The van der Waals surface area contributed by atoms with Gasteiger partial charge in [0.2, 0.25) is 17.7 Å². The fraction of sp³-hybridized carbons (Fsp3) is 0.421. The molecule has 3 amide bonds. The Kier molecular flexibility index (Phi) is 4.09. The van der Waals surface area contributed by atoms with Crippen LogP contribution in [0, 0.1) is 35.3 Å². The van der Waals surface area contributed by atoms with Crippen LogP contribution in [0.2, 0.25) is 0 Å². The molecule has 136 valence electrons. The molecule has 1 saturated carbocycles. The van der Waals surface area contributed by atoms with E-state index in [1.165, 1.54) is 6.07 Å². The lowest BCUT2D eigenvalue weighted by Gasteiger charge is -2.16. The van der Waals surface area contributed by atoms with Gasteiger partial charge in [-0.25, -0.2) is 8.78 Å². The summed E-state index contributed by atoms with van der Waals surface area (Å²) in [5.41, 5.74) is -0.0988. The largest absolute Gasteiger partial charge is 0.354 e. The van der Waals surface area contributed by atoms with Gasteiger partial charge < -0.3 is 5.32 Å². The number of likely N-dealkylation sites (tertiary alicyclic amines) is 1. The normalized spacial score (nSPS) is 28.8. The zero-order valence-corrected chi connectivity index (χ0v) is 14.0. The van der Waals surface area contributed by atoms with Gasteiger partial charge in [-0.3, -0.25) is 19.3 Å². The molecular formula is C19H18F2N2O3. The highest BCUT2D eigenvalue weighted by atomic mass is 19.1. The van der Waals surface area contributed by atoms with E-state index in [9.17, 15) is 23.2 Å². The number of nitrogens with one attached hydrogen (secondary N) is 1. The van der Waals surface area contributed by atoms with Crippen LogP contribution in [-0.2, 0) is 20.8 Å². The van der Waals surface area contributed by atoms with Gasteiger partial charge in [-0.1, -0.05) is 18.2 Å². The van der Waals surface area contributed by atoms with E-state index < -0.39 is 17.5 Å². The molecule has 0 aromatic heterocycles. The third-order valence-corrected chi connectivity index (χ3v) is 5.62. The van der Waals surface area contributed by atoms with Crippen molar-refractivity contribution in [2.24, 2.45) is 23.7 Å². The van der Waals surface area contributed by atoms with Gasteiger partial charge in [0.15, 0.2) is 0 Å². The van der Waals surface area contributed by atoms with Crippen LogP contribution in [-0.4, -0.2) is 35.7 Å². The molecule has 1 N–H and O–H groups in total. The second-order valence-corrected chi connectivity index (χ2v) is 7.06. The van der Waals surface area contributed by atoms with E-state index in [2.05, 4.69) is 5.32 Å². The van der Waals surface area contributed by atoms with Crippen molar-refractivity contribution in [3.8, 4) is 0 Å². The highest BCUT2D eigenvalue weighted by molar-refractivity contribution is 6.08. The van der Waals surface area contributed by atoms with Crippen molar-refractivity contribution in [3.63, 3.8) is 0 Å². The van der Waals surface area contributed by atoms with Gasteiger partial charge in [-0.15, -0.1) is 0 Å². The first kappa shape index (κ1) is 16.9. The number of amides is 3. The fourth-order valence-electron chi connectivity index (χ4n) is 4.42. The summed E-state index contributed by atoms with van der Waals surface area (Å²) in [4.78, 5) is 38.1. The number of fused-ring (bicyclic) bond motifs is 5. The predicted octanol–water partition coefficient (Wildman–Crippen LogP) is 1.43. The number of carbonyl (C=O) groups is 3. The number of nitrogens with zero attached hydrogens (tertiary/aromatic N) is 1. The van der Waals surface area contributed by atoms with E-state index in [4.69, 9.17) is 0 Å². The lowest BCUT2D eigenvalue weighted by Crippen LogP contribution is -2.42. The molecule has 1 saturated heterocycles. The van der Waals surface area contributed by atoms with Crippen molar-refractivity contribution in [2.75, 3.05) is 13.1 Å². The maximum atomic E-state index is 13.6. The Morgan fingerprint density at radius 2 is 1.65 bits per heavy atom. The highest BCUT2D eigenvalue weighted by Crippen LogP contribution is 2.52. The Morgan fingerprint density at radius 1 is 1.08 bits per heavy atom. The summed E-state index contributed by atoms with van der Waals surface area (Å²) in [5, 5.41) is 2.52. The van der Waals surface area contributed by atoms with Gasteiger partial charge in [0.1, 0.15) is 18.2 Å². The number of imide groups is 1. The lowest BCUT2D eigenvalue weighted by molar-refractivity contribution is -0.144. The lowest BCUT2D eigenvalue weighted by atomic mass is 9.85. The molecule has 3 aliphatic rings. The van der Waals surface area contributed by atoms with Gasteiger partial charge in [0.05, 0.1) is 11.8 Å². The van der Waals surface area contributed by atoms with Crippen molar-refractivity contribution in [3.05, 3.63) is 47.5 Å². The van der Waals surface area contributed by atoms with E-state index >= 15 is 0 Å². The predicted molar refractivity (Wildman–Crippen MR) is 87.5 cm³/mol. The molecule has 26 heavy (non-hydrogen) atoms. The molecule has 0 spiro atoms. The summed E-state index contributed by atoms with van der Waals surface area (Å²) < 4.78 is 27.1. The van der Waals surface area contributed by atoms with Gasteiger partial charge in [0.25, 0.3) is 0 Å². The van der Waals surface area contributed by atoms with E-state index in [-0.39, 0.29) is 60.6 Å². The SMILES string of the molecule is O=C(CN1C(=O)[C@@H]2[C@@H](C1=O)[C@H]1C=C[C@H]2C1)NCCc1c(F)cccc1F. The minimum atomic E-state index is -0.667. The van der Waals surface area contributed by atoms with Crippen LogP contribution >= 0.6 is 0 Å². The molecule has 1 aromatic carbocycles. The molecule has 4 rings (SSSR count). The number of hydrogen-bond acceptors (Lipinski definition) is 3. The molecule has 7 heteroatoms. The maximum absolute atomic E-state index is 13.6. The zero-order chi connectivity index (χ0) is 18.4. The summed E-state index contributed by atoms with van der Waals surface area (Å²) >= 11 is 0. The van der Waals surface area contributed by atoms with Crippen molar-refractivity contribution in [1.82, 2.24) is 10.2 Å². The second-order valence-electron chi connectivity index (χ2n) is 7.06. The molecule has 5 nitrogen and oxygen atoms in total. The van der Waals surface area contributed by atoms with Gasteiger partial charge in [-0.2, -0.15) is 0 Å². The monoisotopic (exact) mass is 360 g/mol. The Morgan fingerprint density at radius 3 is 2.23 bits per heavy atom. The number of hydrogen-bond donors (Lipinski definition) is 1. The van der Waals surface area contributed by atoms with E-state index in [0.717, 1.165) is 23.5 Å². The van der Waals surface area contributed by atoms with Gasteiger partial charge in [0, 0.05) is 12.1 Å². The topological polar surface area (TPSA) is 66.5 Å². The second kappa shape index (κ2) is 6.30. The number of halogens is 2. The van der Waals surface area contributed by atoms with Crippen LogP contribution in [0.3, 0.4) is 0 Å². The number of rotatable bonds is 5. The van der Waals surface area contributed by atoms with Gasteiger partial charge >= 0.3 is 0 Å². The summed E-state index contributed by atoms with van der Waals surface area (Å²) in [5.74, 6) is -2.89. The molecule has 0 radical (unpaired) electrons. The highest BCUT2D eigenvalue weighted by Gasteiger charge is 2.59. The van der Waals surface area contributed by atoms with E-state index in [0.29, 0.717) is 0 Å². The van der Waals surface area contributed by atoms with Crippen LogP contribution in [0.1, 0.15) is 12.0 Å². The van der Waals surface area contributed by atoms with Crippen molar-refractivity contribution < 1.29 is 23.2 Å². The standard InChI is InChI=1S/C19H18F2N2O3/c20-13-2-1-3-14(21)12(13)6-7-22-15(24)9-23-18(25)16-10-4-5-11(8-10)17(16)19(23)26/h1-5,10-11,16-17H,6-9H2,(H,22,24)/t10-,11-,16-,17-/m0/s1.